The summed E-state index contributed by atoms with van der Waals surface area (Å²) < 4.78 is 0. The van der Waals surface area contributed by atoms with Crippen molar-refractivity contribution in [2.75, 3.05) is 13.1 Å². The van der Waals surface area contributed by atoms with Gasteiger partial charge in [0.2, 0.25) is 0 Å². The number of carbonyl (C=O) groups is 1. The molecule has 0 amide bonds. The highest BCUT2D eigenvalue weighted by Gasteiger charge is 2.24. The van der Waals surface area contributed by atoms with Crippen molar-refractivity contribution in [3.63, 3.8) is 0 Å². The fraction of sp³-hybridized carbons (Fsp3) is 0.533. The number of hydrogen-bond acceptors (Lipinski definition) is 2. The van der Waals surface area contributed by atoms with Gasteiger partial charge in [-0.15, -0.1) is 0 Å². The van der Waals surface area contributed by atoms with Crippen LogP contribution in [-0.4, -0.2) is 18.9 Å². The van der Waals surface area contributed by atoms with Crippen LogP contribution < -0.4 is 5.32 Å². The third-order valence-electron chi connectivity index (χ3n) is 3.44. The van der Waals surface area contributed by atoms with Gasteiger partial charge >= 0.3 is 0 Å². The fourth-order valence-electron chi connectivity index (χ4n) is 1.98. The van der Waals surface area contributed by atoms with Gasteiger partial charge in [0, 0.05) is 25.4 Å². The second-order valence-electron chi connectivity index (χ2n) is 5.95. The summed E-state index contributed by atoms with van der Waals surface area (Å²) in [6.45, 7) is 8.32. The molecule has 1 aromatic rings. The van der Waals surface area contributed by atoms with E-state index in [1.807, 2.05) is 0 Å². The molecule has 2 heteroatoms. The fourth-order valence-corrected chi connectivity index (χ4v) is 1.98. The van der Waals surface area contributed by atoms with Crippen LogP contribution in [-0.2, 0) is 16.6 Å². The Morgan fingerprint density at radius 2 is 1.82 bits per heavy atom. The smallest absolute Gasteiger partial charge is 0.142 e. The third-order valence-corrected chi connectivity index (χ3v) is 3.44. The average Bonchev–Trinajstić information content (AvgIpc) is 2.13. The first-order valence-corrected chi connectivity index (χ1v) is 6.29. The Morgan fingerprint density at radius 1 is 1.24 bits per heavy atom. The molecule has 2 rings (SSSR count). The summed E-state index contributed by atoms with van der Waals surface area (Å²) in [6, 6.07) is 8.46. The zero-order valence-corrected chi connectivity index (χ0v) is 10.9. The normalized spacial score (nSPS) is 16.6. The van der Waals surface area contributed by atoms with E-state index in [0.29, 0.717) is 12.2 Å². The van der Waals surface area contributed by atoms with Crippen molar-refractivity contribution in [3.05, 3.63) is 35.4 Å². The lowest BCUT2D eigenvalue weighted by atomic mass is 9.86. The van der Waals surface area contributed by atoms with Crippen LogP contribution in [0.3, 0.4) is 0 Å². The molecule has 0 aliphatic carbocycles. The summed E-state index contributed by atoms with van der Waals surface area (Å²) in [4.78, 5) is 11.8. The highest BCUT2D eigenvalue weighted by Crippen LogP contribution is 2.22. The molecular weight excluding hydrogens is 210 g/mol. The first kappa shape index (κ1) is 12.3. The minimum atomic E-state index is 0.181. The van der Waals surface area contributed by atoms with E-state index in [0.717, 1.165) is 18.7 Å². The molecule has 1 aromatic carbocycles. The van der Waals surface area contributed by atoms with Crippen molar-refractivity contribution in [2.45, 2.75) is 32.6 Å². The summed E-state index contributed by atoms with van der Waals surface area (Å²) in [5, 5.41) is 3.14. The zero-order chi connectivity index (χ0) is 12.5. The van der Waals surface area contributed by atoms with E-state index < -0.39 is 0 Å². The second kappa shape index (κ2) is 4.61. The van der Waals surface area contributed by atoms with E-state index >= 15 is 0 Å². The van der Waals surface area contributed by atoms with E-state index in [2.05, 4.69) is 50.4 Å². The molecule has 0 saturated carbocycles. The van der Waals surface area contributed by atoms with Crippen LogP contribution in [0.15, 0.2) is 24.3 Å². The van der Waals surface area contributed by atoms with Crippen molar-refractivity contribution in [2.24, 2.45) is 5.92 Å². The minimum Gasteiger partial charge on any atom is -0.315 e. The van der Waals surface area contributed by atoms with E-state index in [4.69, 9.17) is 0 Å². The predicted molar refractivity (Wildman–Crippen MR) is 70.2 cm³/mol. The molecule has 0 atom stereocenters. The van der Waals surface area contributed by atoms with Crippen LogP contribution in [0.25, 0.3) is 0 Å². The third kappa shape index (κ3) is 2.95. The molecule has 1 fully saturated rings. The molecular formula is C15H21NO. The maximum atomic E-state index is 11.8. The lowest BCUT2D eigenvalue weighted by Crippen LogP contribution is -2.47. The highest BCUT2D eigenvalue weighted by atomic mass is 16.1. The van der Waals surface area contributed by atoms with Gasteiger partial charge in [0.1, 0.15) is 5.78 Å². The van der Waals surface area contributed by atoms with Crippen LogP contribution >= 0.6 is 0 Å². The Kier molecular flexibility index (Phi) is 3.34. The van der Waals surface area contributed by atoms with E-state index in [1.165, 1.54) is 5.56 Å². The number of carbonyl (C=O) groups excluding carboxylic acids is 1. The number of rotatable bonds is 3. The van der Waals surface area contributed by atoms with Crippen molar-refractivity contribution < 1.29 is 4.79 Å². The Morgan fingerprint density at radius 3 is 2.24 bits per heavy atom. The molecule has 1 saturated heterocycles. The predicted octanol–water partition coefficient (Wildman–Crippen LogP) is 2.32. The molecule has 1 N–H and O–H groups in total. The van der Waals surface area contributed by atoms with Gasteiger partial charge in [-0.2, -0.15) is 0 Å². The highest BCUT2D eigenvalue weighted by molar-refractivity contribution is 5.84. The Bertz CT molecular complexity index is 396. The molecule has 1 aliphatic rings. The average molecular weight is 231 g/mol. The first-order valence-electron chi connectivity index (χ1n) is 6.29. The molecule has 0 unspecified atom stereocenters. The van der Waals surface area contributed by atoms with Crippen LogP contribution in [0.4, 0.5) is 0 Å². The van der Waals surface area contributed by atoms with Crippen LogP contribution in [0.2, 0.25) is 0 Å². The number of nitrogens with one attached hydrogen (secondary N) is 1. The largest absolute Gasteiger partial charge is 0.315 e. The number of benzene rings is 1. The number of ketones is 1. The Labute approximate surface area is 103 Å². The quantitative estimate of drug-likeness (QED) is 0.865. The molecule has 0 radical (unpaired) electrons. The van der Waals surface area contributed by atoms with Crippen molar-refractivity contribution in [3.8, 4) is 0 Å². The Balaban J connectivity index is 2.00. The van der Waals surface area contributed by atoms with Gasteiger partial charge in [0.15, 0.2) is 0 Å². The van der Waals surface area contributed by atoms with Gasteiger partial charge in [-0.3, -0.25) is 4.79 Å². The summed E-state index contributed by atoms with van der Waals surface area (Å²) in [7, 11) is 0. The lowest BCUT2D eigenvalue weighted by Gasteiger charge is -2.25. The SMILES string of the molecule is CC(C)(C)c1ccc(CC(=O)C2CNC2)cc1. The summed E-state index contributed by atoms with van der Waals surface area (Å²) in [5.41, 5.74) is 2.63. The molecule has 92 valence electrons. The molecule has 0 aromatic heterocycles. The van der Waals surface area contributed by atoms with Gasteiger partial charge < -0.3 is 5.32 Å². The molecule has 2 nitrogen and oxygen atoms in total. The summed E-state index contributed by atoms with van der Waals surface area (Å²) >= 11 is 0. The maximum absolute atomic E-state index is 11.8. The Hall–Kier alpha value is -1.15. The molecule has 0 spiro atoms. The first-order chi connectivity index (χ1) is 7.97. The van der Waals surface area contributed by atoms with Crippen molar-refractivity contribution >= 4 is 5.78 Å². The van der Waals surface area contributed by atoms with Gasteiger partial charge in [-0.05, 0) is 16.5 Å². The van der Waals surface area contributed by atoms with Gasteiger partial charge in [-0.1, -0.05) is 45.0 Å². The van der Waals surface area contributed by atoms with E-state index in [1.54, 1.807) is 0 Å². The second-order valence-corrected chi connectivity index (χ2v) is 5.95. The van der Waals surface area contributed by atoms with E-state index in [9.17, 15) is 4.79 Å². The minimum absolute atomic E-state index is 0.181. The standard InChI is InChI=1S/C15H21NO/c1-15(2,3)13-6-4-11(5-7-13)8-14(17)12-9-16-10-12/h4-7,12,16H,8-10H2,1-3H3. The zero-order valence-electron chi connectivity index (χ0n) is 10.9. The van der Waals surface area contributed by atoms with Crippen molar-refractivity contribution in [1.82, 2.24) is 5.32 Å². The molecule has 1 aliphatic heterocycles. The van der Waals surface area contributed by atoms with Gasteiger partial charge in [0.25, 0.3) is 0 Å². The lowest BCUT2D eigenvalue weighted by molar-refractivity contribution is -0.123. The summed E-state index contributed by atoms with van der Waals surface area (Å²) in [6.07, 6.45) is 0.580. The topological polar surface area (TPSA) is 29.1 Å². The van der Waals surface area contributed by atoms with Crippen molar-refractivity contribution in [1.29, 1.82) is 0 Å². The van der Waals surface area contributed by atoms with Crippen LogP contribution in [0, 0.1) is 5.92 Å². The van der Waals surface area contributed by atoms with Gasteiger partial charge in [0.05, 0.1) is 0 Å². The van der Waals surface area contributed by atoms with Gasteiger partial charge in [-0.25, -0.2) is 0 Å². The molecule has 0 bridgehead atoms. The molecule has 17 heavy (non-hydrogen) atoms. The van der Waals surface area contributed by atoms with Crippen LogP contribution in [0.5, 0.6) is 0 Å². The monoisotopic (exact) mass is 231 g/mol. The van der Waals surface area contributed by atoms with Crippen LogP contribution in [0.1, 0.15) is 31.9 Å². The summed E-state index contributed by atoms with van der Waals surface area (Å²) in [5.74, 6) is 0.615. The maximum Gasteiger partial charge on any atom is 0.142 e. The van der Waals surface area contributed by atoms with E-state index in [-0.39, 0.29) is 11.3 Å². The number of hydrogen-bond donors (Lipinski definition) is 1. The number of Topliss-reactive ketones (excluding diaryl/α,β-unsaturated/α-hetero) is 1. The molecule has 1 heterocycles.